The number of aliphatic hydroxyl groups excluding tert-OH is 1. The van der Waals surface area contributed by atoms with Gasteiger partial charge in [-0.2, -0.15) is 0 Å². The molecule has 0 saturated heterocycles. The van der Waals surface area contributed by atoms with Crippen molar-refractivity contribution >= 4 is 23.4 Å². The molecule has 0 aliphatic rings. The smallest absolute Gasteiger partial charge is 0.339 e. The number of anilines is 1. The standard InChI is InChI=1S/C11H15ClN2O4/c1-14(4-6-18-7-5-15)10-8(11(16)17)2-3-9(12)13-10/h2-3,15H,4-7H2,1H3,(H,16,17). The molecule has 1 aromatic heterocycles. The van der Waals surface area contributed by atoms with Crippen LogP contribution in [0.15, 0.2) is 12.1 Å². The van der Waals surface area contributed by atoms with Gasteiger partial charge in [0, 0.05) is 13.6 Å². The fraction of sp³-hybridized carbons (Fsp3) is 0.455. The van der Waals surface area contributed by atoms with Crippen molar-refractivity contribution in [3.05, 3.63) is 22.8 Å². The molecule has 100 valence electrons. The quantitative estimate of drug-likeness (QED) is 0.567. The van der Waals surface area contributed by atoms with Crippen molar-refractivity contribution in [1.29, 1.82) is 0 Å². The Morgan fingerprint density at radius 2 is 2.22 bits per heavy atom. The maximum atomic E-state index is 11.0. The first-order valence-corrected chi connectivity index (χ1v) is 5.73. The molecule has 6 nitrogen and oxygen atoms in total. The first-order valence-electron chi connectivity index (χ1n) is 5.36. The molecule has 1 heterocycles. The number of aliphatic hydroxyl groups is 1. The molecule has 0 aliphatic carbocycles. The zero-order valence-corrected chi connectivity index (χ0v) is 10.7. The van der Waals surface area contributed by atoms with E-state index in [0.29, 0.717) is 19.0 Å². The highest BCUT2D eigenvalue weighted by Crippen LogP contribution is 2.19. The van der Waals surface area contributed by atoms with Gasteiger partial charge in [-0.05, 0) is 12.1 Å². The molecule has 0 unspecified atom stereocenters. The number of hydrogen-bond acceptors (Lipinski definition) is 5. The molecule has 2 N–H and O–H groups in total. The second-order valence-corrected chi connectivity index (χ2v) is 3.96. The van der Waals surface area contributed by atoms with Gasteiger partial charge in [0.15, 0.2) is 0 Å². The number of hydrogen-bond donors (Lipinski definition) is 2. The third kappa shape index (κ3) is 4.14. The fourth-order valence-corrected chi connectivity index (χ4v) is 1.50. The Bertz CT molecular complexity index is 414. The normalized spacial score (nSPS) is 10.4. The van der Waals surface area contributed by atoms with Crippen molar-refractivity contribution in [2.45, 2.75) is 0 Å². The van der Waals surface area contributed by atoms with Gasteiger partial charge < -0.3 is 19.8 Å². The van der Waals surface area contributed by atoms with Gasteiger partial charge in [-0.3, -0.25) is 0 Å². The Kier molecular flexibility index (Phi) is 5.84. The van der Waals surface area contributed by atoms with Gasteiger partial charge in [-0.25, -0.2) is 9.78 Å². The summed E-state index contributed by atoms with van der Waals surface area (Å²) < 4.78 is 5.11. The van der Waals surface area contributed by atoms with Crippen molar-refractivity contribution in [2.24, 2.45) is 0 Å². The summed E-state index contributed by atoms with van der Waals surface area (Å²) in [6, 6.07) is 2.85. The second-order valence-electron chi connectivity index (χ2n) is 3.57. The van der Waals surface area contributed by atoms with Crippen LogP contribution in [-0.2, 0) is 4.74 Å². The van der Waals surface area contributed by atoms with Crippen molar-refractivity contribution < 1.29 is 19.7 Å². The summed E-state index contributed by atoms with van der Waals surface area (Å²) in [6.45, 7) is 1.03. The minimum Gasteiger partial charge on any atom is -0.478 e. The highest BCUT2D eigenvalue weighted by molar-refractivity contribution is 6.29. The van der Waals surface area contributed by atoms with Crippen LogP contribution in [-0.4, -0.2) is 54.6 Å². The first kappa shape index (κ1) is 14.7. The minimum atomic E-state index is -1.06. The van der Waals surface area contributed by atoms with E-state index in [4.69, 9.17) is 26.6 Å². The first-order chi connectivity index (χ1) is 8.56. The zero-order valence-electron chi connectivity index (χ0n) is 9.97. The molecule has 7 heteroatoms. The number of carboxylic acids is 1. The summed E-state index contributed by atoms with van der Waals surface area (Å²) in [6.07, 6.45) is 0. The SMILES string of the molecule is CN(CCOCCO)c1nc(Cl)ccc1C(=O)O. The second kappa shape index (κ2) is 7.15. The summed E-state index contributed by atoms with van der Waals surface area (Å²) in [4.78, 5) is 16.7. The molecule has 0 radical (unpaired) electrons. The van der Waals surface area contributed by atoms with E-state index in [-0.39, 0.29) is 23.9 Å². The van der Waals surface area contributed by atoms with Crippen LogP contribution in [0.2, 0.25) is 5.15 Å². The van der Waals surface area contributed by atoms with E-state index in [1.54, 1.807) is 11.9 Å². The Hall–Kier alpha value is -1.37. The average molecular weight is 275 g/mol. The van der Waals surface area contributed by atoms with Gasteiger partial charge in [-0.15, -0.1) is 0 Å². The number of pyridine rings is 1. The largest absolute Gasteiger partial charge is 0.478 e. The number of likely N-dealkylation sites (N-methyl/N-ethyl adjacent to an activating group) is 1. The lowest BCUT2D eigenvalue weighted by molar-refractivity contribution is 0.0697. The molecular weight excluding hydrogens is 260 g/mol. The lowest BCUT2D eigenvalue weighted by atomic mass is 10.2. The van der Waals surface area contributed by atoms with Gasteiger partial charge in [0.2, 0.25) is 0 Å². The Labute approximate surface area is 110 Å². The molecule has 0 fully saturated rings. The predicted molar refractivity (Wildman–Crippen MR) is 67.4 cm³/mol. The van der Waals surface area contributed by atoms with Crippen molar-refractivity contribution in [1.82, 2.24) is 4.98 Å². The number of nitrogens with zero attached hydrogens (tertiary/aromatic N) is 2. The Balaban J connectivity index is 2.74. The molecule has 0 spiro atoms. The van der Waals surface area contributed by atoms with Gasteiger partial charge in [-0.1, -0.05) is 11.6 Å². The summed E-state index contributed by atoms with van der Waals surface area (Å²) in [7, 11) is 1.70. The summed E-state index contributed by atoms with van der Waals surface area (Å²) in [5, 5.41) is 17.8. The molecule has 0 aliphatic heterocycles. The third-order valence-corrected chi connectivity index (χ3v) is 2.45. The van der Waals surface area contributed by atoms with Crippen LogP contribution >= 0.6 is 11.6 Å². The predicted octanol–water partition coefficient (Wildman–Crippen LogP) is 0.878. The molecule has 0 atom stereocenters. The van der Waals surface area contributed by atoms with E-state index in [1.165, 1.54) is 12.1 Å². The molecule has 0 aromatic carbocycles. The molecule has 18 heavy (non-hydrogen) atoms. The number of rotatable bonds is 7. The third-order valence-electron chi connectivity index (χ3n) is 2.24. The molecule has 0 saturated carbocycles. The van der Waals surface area contributed by atoms with Crippen LogP contribution in [0.25, 0.3) is 0 Å². The van der Waals surface area contributed by atoms with Gasteiger partial charge in [0.1, 0.15) is 16.5 Å². The zero-order chi connectivity index (χ0) is 13.5. The maximum absolute atomic E-state index is 11.0. The number of aromatic nitrogens is 1. The van der Waals surface area contributed by atoms with Crippen molar-refractivity contribution in [3.63, 3.8) is 0 Å². The van der Waals surface area contributed by atoms with E-state index in [1.807, 2.05) is 0 Å². The van der Waals surface area contributed by atoms with Crippen LogP contribution in [0.5, 0.6) is 0 Å². The molecule has 0 amide bonds. The maximum Gasteiger partial charge on any atom is 0.339 e. The molecular formula is C11H15ClN2O4. The number of carbonyl (C=O) groups is 1. The van der Waals surface area contributed by atoms with Crippen LogP contribution in [0, 0.1) is 0 Å². The van der Waals surface area contributed by atoms with Crippen LogP contribution < -0.4 is 4.90 Å². The monoisotopic (exact) mass is 274 g/mol. The van der Waals surface area contributed by atoms with Gasteiger partial charge in [0.25, 0.3) is 0 Å². The minimum absolute atomic E-state index is 0.0422. The summed E-state index contributed by atoms with van der Waals surface area (Å²) in [5.41, 5.74) is 0.0871. The number of carboxylic acid groups (broad SMARTS) is 1. The van der Waals surface area contributed by atoms with Crippen LogP contribution in [0.4, 0.5) is 5.82 Å². The topological polar surface area (TPSA) is 82.9 Å². The van der Waals surface area contributed by atoms with Gasteiger partial charge in [0.05, 0.1) is 19.8 Å². The average Bonchev–Trinajstić information content (AvgIpc) is 2.34. The van der Waals surface area contributed by atoms with E-state index in [0.717, 1.165) is 0 Å². The van der Waals surface area contributed by atoms with E-state index < -0.39 is 5.97 Å². The summed E-state index contributed by atoms with van der Waals surface area (Å²) in [5.74, 6) is -0.764. The van der Waals surface area contributed by atoms with Crippen LogP contribution in [0.1, 0.15) is 10.4 Å². The molecule has 1 rings (SSSR count). The van der Waals surface area contributed by atoms with E-state index >= 15 is 0 Å². The van der Waals surface area contributed by atoms with Crippen molar-refractivity contribution in [3.8, 4) is 0 Å². The number of halogens is 1. The molecule has 0 bridgehead atoms. The number of ether oxygens (including phenoxy) is 1. The Morgan fingerprint density at radius 3 is 2.83 bits per heavy atom. The van der Waals surface area contributed by atoms with Gasteiger partial charge >= 0.3 is 5.97 Å². The molecule has 1 aromatic rings. The van der Waals surface area contributed by atoms with E-state index in [2.05, 4.69) is 4.98 Å². The van der Waals surface area contributed by atoms with Crippen molar-refractivity contribution in [2.75, 3.05) is 38.3 Å². The highest BCUT2D eigenvalue weighted by atomic mass is 35.5. The Morgan fingerprint density at radius 1 is 1.50 bits per heavy atom. The lowest BCUT2D eigenvalue weighted by Crippen LogP contribution is -2.26. The van der Waals surface area contributed by atoms with Crippen LogP contribution in [0.3, 0.4) is 0 Å². The summed E-state index contributed by atoms with van der Waals surface area (Å²) >= 11 is 5.75. The van der Waals surface area contributed by atoms with E-state index in [9.17, 15) is 4.79 Å². The highest BCUT2D eigenvalue weighted by Gasteiger charge is 2.15. The lowest BCUT2D eigenvalue weighted by Gasteiger charge is -2.19. The number of aromatic carboxylic acids is 1. The fourth-order valence-electron chi connectivity index (χ4n) is 1.36.